The van der Waals surface area contributed by atoms with Gasteiger partial charge in [0.1, 0.15) is 18.9 Å². The van der Waals surface area contributed by atoms with E-state index >= 15 is 0 Å². The lowest BCUT2D eigenvalue weighted by molar-refractivity contribution is 0.102. The van der Waals surface area contributed by atoms with E-state index in [-0.39, 0.29) is 6.10 Å². The topological polar surface area (TPSA) is 54.0 Å². The first-order chi connectivity index (χ1) is 8.75. The number of nitrogens with one attached hydrogen (secondary N) is 1. The van der Waals surface area contributed by atoms with Crippen LogP contribution in [0, 0.1) is 0 Å². The Hall–Kier alpha value is -1.46. The first kappa shape index (κ1) is 11.6. The van der Waals surface area contributed by atoms with Crippen LogP contribution in [-0.2, 0) is 0 Å². The summed E-state index contributed by atoms with van der Waals surface area (Å²) in [6, 6.07) is 5.80. The van der Waals surface area contributed by atoms with Gasteiger partial charge in [0.05, 0.1) is 5.69 Å². The Labute approximate surface area is 106 Å². The number of fused-ring (bicyclic) bond motifs is 1. The Kier molecular flexibility index (Phi) is 3.01. The first-order valence-corrected chi connectivity index (χ1v) is 6.33. The van der Waals surface area contributed by atoms with Crippen molar-refractivity contribution in [1.29, 1.82) is 0 Å². The maximum Gasteiger partial charge on any atom is 0.185 e. The molecular formula is C13H18N2O3. The highest BCUT2D eigenvalue weighted by Gasteiger charge is 2.27. The normalized spacial score (nSPS) is 27.1. The summed E-state index contributed by atoms with van der Waals surface area (Å²) >= 11 is 0. The van der Waals surface area contributed by atoms with Crippen LogP contribution in [0.2, 0.25) is 0 Å². The van der Waals surface area contributed by atoms with Crippen molar-refractivity contribution in [2.45, 2.75) is 19.3 Å². The first-order valence-electron chi connectivity index (χ1n) is 6.33. The molecule has 0 radical (unpaired) electrons. The summed E-state index contributed by atoms with van der Waals surface area (Å²) in [7, 11) is 0. The smallest absolute Gasteiger partial charge is 0.185 e. The highest BCUT2D eigenvalue weighted by molar-refractivity contribution is 5.65. The number of aliphatic hydroxyl groups is 1. The molecule has 0 bridgehead atoms. The molecule has 1 saturated heterocycles. The van der Waals surface area contributed by atoms with Crippen LogP contribution in [0.3, 0.4) is 0 Å². The standard InChI is InChI=1S/C13H18N2O3/c1-9-8-17-11-4-2-3-10(13(11)18-9)15-6-5-14-7-12(15)16/h2-4,9,12,14,16H,5-8H2,1H3. The van der Waals surface area contributed by atoms with Crippen molar-refractivity contribution in [2.75, 3.05) is 31.1 Å². The van der Waals surface area contributed by atoms with Crippen LogP contribution in [0.4, 0.5) is 5.69 Å². The number of nitrogens with zero attached hydrogens (tertiary/aromatic N) is 1. The number of aliphatic hydroxyl groups excluding tert-OH is 1. The van der Waals surface area contributed by atoms with Crippen LogP contribution in [0.1, 0.15) is 6.92 Å². The van der Waals surface area contributed by atoms with Gasteiger partial charge in [-0.05, 0) is 19.1 Å². The minimum atomic E-state index is -0.522. The fourth-order valence-electron chi connectivity index (χ4n) is 2.38. The number of rotatable bonds is 1. The Morgan fingerprint density at radius 2 is 2.33 bits per heavy atom. The van der Waals surface area contributed by atoms with Gasteiger partial charge >= 0.3 is 0 Å². The molecule has 3 rings (SSSR count). The minimum Gasteiger partial charge on any atom is -0.486 e. The molecule has 0 saturated carbocycles. The van der Waals surface area contributed by atoms with Crippen LogP contribution in [0.5, 0.6) is 11.5 Å². The molecule has 5 heteroatoms. The summed E-state index contributed by atoms with van der Waals surface area (Å²) in [5.74, 6) is 1.51. The second kappa shape index (κ2) is 4.66. The zero-order chi connectivity index (χ0) is 12.5. The molecule has 0 spiro atoms. The Morgan fingerprint density at radius 1 is 1.44 bits per heavy atom. The largest absolute Gasteiger partial charge is 0.486 e. The summed E-state index contributed by atoms with van der Waals surface area (Å²) < 4.78 is 11.5. The van der Waals surface area contributed by atoms with Gasteiger partial charge in [-0.25, -0.2) is 0 Å². The van der Waals surface area contributed by atoms with Crippen LogP contribution in [0.15, 0.2) is 18.2 Å². The fourth-order valence-corrected chi connectivity index (χ4v) is 2.38. The van der Waals surface area contributed by atoms with Crippen LogP contribution in [0.25, 0.3) is 0 Å². The van der Waals surface area contributed by atoms with Crippen molar-refractivity contribution < 1.29 is 14.6 Å². The molecule has 98 valence electrons. The maximum absolute atomic E-state index is 10.1. The lowest BCUT2D eigenvalue weighted by Crippen LogP contribution is -2.51. The van der Waals surface area contributed by atoms with Crippen molar-refractivity contribution in [3.63, 3.8) is 0 Å². The van der Waals surface area contributed by atoms with E-state index in [1.807, 2.05) is 30.0 Å². The average Bonchev–Trinajstić information content (AvgIpc) is 2.39. The predicted octanol–water partition coefficient (Wildman–Crippen LogP) is 0.574. The lowest BCUT2D eigenvalue weighted by atomic mass is 10.2. The predicted molar refractivity (Wildman–Crippen MR) is 68.2 cm³/mol. The summed E-state index contributed by atoms with van der Waals surface area (Å²) in [6.07, 6.45) is -0.482. The monoisotopic (exact) mass is 250 g/mol. The highest BCUT2D eigenvalue weighted by Crippen LogP contribution is 2.41. The highest BCUT2D eigenvalue weighted by atomic mass is 16.6. The number of ether oxygens (including phenoxy) is 2. The number of benzene rings is 1. The number of β-amino-alcohol motifs (C(OH)–C–C–N with tert-alkyl or cyclic N) is 1. The Bertz CT molecular complexity index is 438. The van der Waals surface area contributed by atoms with E-state index in [2.05, 4.69) is 5.32 Å². The third kappa shape index (κ3) is 2.00. The van der Waals surface area contributed by atoms with Crippen LogP contribution >= 0.6 is 0 Å². The van der Waals surface area contributed by atoms with Crippen molar-refractivity contribution in [3.8, 4) is 11.5 Å². The average molecular weight is 250 g/mol. The van der Waals surface area contributed by atoms with Gasteiger partial charge in [-0.2, -0.15) is 0 Å². The Morgan fingerprint density at radius 3 is 3.17 bits per heavy atom. The summed E-state index contributed by atoms with van der Waals surface area (Å²) in [5, 5.41) is 13.2. The van der Waals surface area contributed by atoms with Crippen molar-refractivity contribution in [2.24, 2.45) is 0 Å². The number of hydrogen-bond acceptors (Lipinski definition) is 5. The zero-order valence-electron chi connectivity index (χ0n) is 10.4. The van der Waals surface area contributed by atoms with E-state index < -0.39 is 6.23 Å². The molecule has 2 aliphatic rings. The summed E-state index contributed by atoms with van der Waals surface area (Å²) in [5.41, 5.74) is 0.910. The summed E-state index contributed by atoms with van der Waals surface area (Å²) in [6.45, 7) is 4.74. The number of hydrogen-bond donors (Lipinski definition) is 2. The molecule has 0 aromatic heterocycles. The zero-order valence-corrected chi connectivity index (χ0v) is 10.4. The van der Waals surface area contributed by atoms with Gasteiger partial charge in [0, 0.05) is 19.6 Å². The van der Waals surface area contributed by atoms with Crippen molar-refractivity contribution in [1.82, 2.24) is 5.32 Å². The van der Waals surface area contributed by atoms with E-state index in [0.717, 1.165) is 30.3 Å². The third-order valence-electron chi connectivity index (χ3n) is 3.28. The fraction of sp³-hybridized carbons (Fsp3) is 0.538. The van der Waals surface area contributed by atoms with E-state index in [1.54, 1.807) is 0 Å². The summed E-state index contributed by atoms with van der Waals surface area (Å²) in [4.78, 5) is 1.96. The van der Waals surface area contributed by atoms with Gasteiger partial charge in [0.2, 0.25) is 0 Å². The molecule has 1 aromatic rings. The maximum atomic E-state index is 10.1. The van der Waals surface area contributed by atoms with Gasteiger partial charge < -0.3 is 24.8 Å². The van der Waals surface area contributed by atoms with Gasteiger partial charge in [-0.15, -0.1) is 0 Å². The number of anilines is 1. The number of piperazine rings is 1. The van der Waals surface area contributed by atoms with Crippen LogP contribution < -0.4 is 19.7 Å². The molecule has 2 heterocycles. The van der Waals surface area contributed by atoms with Gasteiger partial charge in [-0.3, -0.25) is 0 Å². The Balaban J connectivity index is 1.96. The van der Waals surface area contributed by atoms with Gasteiger partial charge in [0.25, 0.3) is 0 Å². The molecule has 0 aliphatic carbocycles. The molecular weight excluding hydrogens is 232 g/mol. The van der Waals surface area contributed by atoms with Gasteiger partial charge in [-0.1, -0.05) is 6.07 Å². The molecule has 5 nitrogen and oxygen atoms in total. The quantitative estimate of drug-likeness (QED) is 0.763. The van der Waals surface area contributed by atoms with E-state index in [4.69, 9.17) is 9.47 Å². The molecule has 2 N–H and O–H groups in total. The second-order valence-corrected chi connectivity index (χ2v) is 4.72. The third-order valence-corrected chi connectivity index (χ3v) is 3.28. The molecule has 1 fully saturated rings. The molecule has 0 amide bonds. The van der Waals surface area contributed by atoms with Crippen LogP contribution in [-0.4, -0.2) is 43.7 Å². The van der Waals surface area contributed by atoms with Crippen molar-refractivity contribution >= 4 is 5.69 Å². The minimum absolute atomic E-state index is 0.0405. The molecule has 2 unspecified atom stereocenters. The van der Waals surface area contributed by atoms with Crippen molar-refractivity contribution in [3.05, 3.63) is 18.2 Å². The lowest BCUT2D eigenvalue weighted by Gasteiger charge is -2.37. The van der Waals surface area contributed by atoms with E-state index in [9.17, 15) is 5.11 Å². The molecule has 2 atom stereocenters. The molecule has 1 aromatic carbocycles. The second-order valence-electron chi connectivity index (χ2n) is 4.72. The molecule has 2 aliphatic heterocycles. The molecule has 18 heavy (non-hydrogen) atoms. The van der Waals surface area contributed by atoms with E-state index in [0.29, 0.717) is 13.2 Å². The SMILES string of the molecule is CC1COc2cccc(N3CCNCC3O)c2O1. The van der Waals surface area contributed by atoms with Gasteiger partial charge in [0.15, 0.2) is 11.5 Å². The van der Waals surface area contributed by atoms with E-state index in [1.165, 1.54) is 0 Å². The number of para-hydroxylation sites is 1.